The van der Waals surface area contributed by atoms with Gasteiger partial charge in [-0.15, -0.1) is 0 Å². The fourth-order valence-corrected chi connectivity index (χ4v) is 2.61. The molecule has 1 aliphatic heterocycles. The van der Waals surface area contributed by atoms with E-state index in [0.717, 1.165) is 38.4 Å². The third kappa shape index (κ3) is 5.67. The average molecular weight is 330 g/mol. The van der Waals surface area contributed by atoms with Crippen molar-refractivity contribution in [3.05, 3.63) is 39.9 Å². The SMILES string of the molecule is O=C(C=Cc1ccc(Cl)cc1Cl)NCC[NH+]1CCOCC1. The van der Waals surface area contributed by atoms with Crippen LogP contribution < -0.4 is 10.2 Å². The van der Waals surface area contributed by atoms with Crippen molar-refractivity contribution in [3.8, 4) is 0 Å². The van der Waals surface area contributed by atoms with Gasteiger partial charge in [-0.25, -0.2) is 0 Å². The van der Waals surface area contributed by atoms with E-state index in [0.29, 0.717) is 16.6 Å². The van der Waals surface area contributed by atoms with E-state index < -0.39 is 0 Å². The molecular formula is C15H19Cl2N2O2+. The van der Waals surface area contributed by atoms with Gasteiger partial charge in [0, 0.05) is 16.1 Å². The Balaban J connectivity index is 1.74. The molecule has 0 atom stereocenters. The number of halogens is 2. The fourth-order valence-electron chi connectivity index (χ4n) is 2.13. The summed E-state index contributed by atoms with van der Waals surface area (Å²) in [5, 5.41) is 3.99. The molecule has 0 aromatic heterocycles. The van der Waals surface area contributed by atoms with E-state index in [1.54, 1.807) is 24.3 Å². The summed E-state index contributed by atoms with van der Waals surface area (Å²) in [6.07, 6.45) is 3.18. The summed E-state index contributed by atoms with van der Waals surface area (Å²) in [6.45, 7) is 5.20. The maximum absolute atomic E-state index is 11.7. The number of morpholine rings is 1. The quantitative estimate of drug-likeness (QED) is 0.793. The lowest BCUT2D eigenvalue weighted by Crippen LogP contribution is -3.14. The van der Waals surface area contributed by atoms with Crippen molar-refractivity contribution in [2.24, 2.45) is 0 Å². The van der Waals surface area contributed by atoms with Gasteiger partial charge >= 0.3 is 0 Å². The number of rotatable bonds is 5. The van der Waals surface area contributed by atoms with Crippen LogP contribution in [0.4, 0.5) is 0 Å². The van der Waals surface area contributed by atoms with Crippen LogP contribution in [-0.4, -0.2) is 45.3 Å². The first-order valence-corrected chi connectivity index (χ1v) is 7.73. The molecule has 2 N–H and O–H groups in total. The fraction of sp³-hybridized carbons (Fsp3) is 0.400. The monoisotopic (exact) mass is 329 g/mol. The molecule has 21 heavy (non-hydrogen) atoms. The highest BCUT2D eigenvalue weighted by Crippen LogP contribution is 2.21. The van der Waals surface area contributed by atoms with E-state index in [1.165, 1.54) is 11.0 Å². The van der Waals surface area contributed by atoms with Gasteiger partial charge in [0.25, 0.3) is 0 Å². The largest absolute Gasteiger partial charge is 0.370 e. The second kappa shape index (κ2) is 8.39. The van der Waals surface area contributed by atoms with Gasteiger partial charge in [-0.3, -0.25) is 4.79 Å². The summed E-state index contributed by atoms with van der Waals surface area (Å²) in [5.41, 5.74) is 0.773. The molecule has 0 saturated carbocycles. The predicted molar refractivity (Wildman–Crippen MR) is 84.9 cm³/mol. The average Bonchev–Trinajstić information content (AvgIpc) is 2.47. The van der Waals surface area contributed by atoms with Crippen LogP contribution in [0.5, 0.6) is 0 Å². The zero-order valence-corrected chi connectivity index (χ0v) is 13.2. The van der Waals surface area contributed by atoms with Crippen LogP contribution >= 0.6 is 23.2 Å². The summed E-state index contributed by atoms with van der Waals surface area (Å²) >= 11 is 11.9. The highest BCUT2D eigenvalue weighted by atomic mass is 35.5. The van der Waals surface area contributed by atoms with Crippen molar-refractivity contribution >= 4 is 35.2 Å². The van der Waals surface area contributed by atoms with Crippen molar-refractivity contribution in [1.29, 1.82) is 0 Å². The highest BCUT2D eigenvalue weighted by molar-refractivity contribution is 6.35. The lowest BCUT2D eigenvalue weighted by molar-refractivity contribution is -0.906. The first-order valence-electron chi connectivity index (χ1n) is 6.97. The Morgan fingerprint density at radius 1 is 1.33 bits per heavy atom. The molecule has 0 spiro atoms. The maximum atomic E-state index is 11.7. The van der Waals surface area contributed by atoms with Crippen LogP contribution in [0.25, 0.3) is 6.08 Å². The van der Waals surface area contributed by atoms with Crippen molar-refractivity contribution < 1.29 is 14.4 Å². The standard InChI is InChI=1S/C15H18Cl2N2O2/c16-13-3-1-12(14(17)11-13)2-4-15(20)18-5-6-19-7-9-21-10-8-19/h1-4,11H,5-10H2,(H,18,20)/p+1. The molecule has 1 aromatic rings. The zero-order chi connectivity index (χ0) is 15.1. The van der Waals surface area contributed by atoms with Gasteiger partial charge in [0.05, 0.1) is 26.3 Å². The van der Waals surface area contributed by atoms with Gasteiger partial charge in [-0.05, 0) is 23.8 Å². The molecule has 1 aromatic carbocycles. The number of benzene rings is 1. The maximum Gasteiger partial charge on any atom is 0.244 e. The number of hydrogen-bond acceptors (Lipinski definition) is 2. The number of hydrogen-bond donors (Lipinski definition) is 2. The second-order valence-electron chi connectivity index (χ2n) is 4.90. The van der Waals surface area contributed by atoms with Crippen molar-refractivity contribution in [2.45, 2.75) is 0 Å². The summed E-state index contributed by atoms with van der Waals surface area (Å²) in [4.78, 5) is 13.2. The Kier molecular flexibility index (Phi) is 6.51. The van der Waals surface area contributed by atoms with Crippen molar-refractivity contribution in [2.75, 3.05) is 39.4 Å². The van der Waals surface area contributed by atoms with E-state index >= 15 is 0 Å². The van der Waals surface area contributed by atoms with Gasteiger partial charge in [-0.1, -0.05) is 29.3 Å². The van der Waals surface area contributed by atoms with Gasteiger partial charge in [0.2, 0.25) is 5.91 Å². The minimum absolute atomic E-state index is 0.117. The molecule has 1 heterocycles. The molecule has 1 fully saturated rings. The molecular weight excluding hydrogens is 311 g/mol. The zero-order valence-electron chi connectivity index (χ0n) is 11.7. The van der Waals surface area contributed by atoms with Crippen LogP contribution in [-0.2, 0) is 9.53 Å². The number of nitrogens with one attached hydrogen (secondary N) is 2. The third-order valence-corrected chi connectivity index (χ3v) is 3.92. The van der Waals surface area contributed by atoms with E-state index in [2.05, 4.69) is 5.32 Å². The Morgan fingerprint density at radius 3 is 2.81 bits per heavy atom. The predicted octanol–water partition coefficient (Wildman–Crippen LogP) is 1.04. The highest BCUT2D eigenvalue weighted by Gasteiger charge is 2.12. The van der Waals surface area contributed by atoms with Gasteiger partial charge in [0.15, 0.2) is 0 Å². The summed E-state index contributed by atoms with van der Waals surface area (Å²) in [5.74, 6) is -0.117. The minimum atomic E-state index is -0.117. The van der Waals surface area contributed by atoms with Crippen LogP contribution in [0.3, 0.4) is 0 Å². The molecule has 0 unspecified atom stereocenters. The van der Waals surface area contributed by atoms with Crippen LogP contribution in [0.15, 0.2) is 24.3 Å². The molecule has 2 rings (SSSR count). The molecule has 6 heteroatoms. The molecule has 1 amide bonds. The molecule has 0 aliphatic carbocycles. The molecule has 0 radical (unpaired) electrons. The Bertz CT molecular complexity index is 514. The summed E-state index contributed by atoms with van der Waals surface area (Å²) < 4.78 is 5.29. The number of carbonyl (C=O) groups is 1. The number of amides is 1. The van der Waals surface area contributed by atoms with Gasteiger partial charge in [-0.2, -0.15) is 0 Å². The lowest BCUT2D eigenvalue weighted by Gasteiger charge is -2.23. The van der Waals surface area contributed by atoms with Crippen LogP contribution in [0, 0.1) is 0 Å². The number of quaternary nitrogens is 1. The molecule has 1 aliphatic rings. The number of carbonyl (C=O) groups excluding carboxylic acids is 1. The van der Waals surface area contributed by atoms with E-state index in [1.807, 2.05) is 0 Å². The number of ether oxygens (including phenoxy) is 1. The summed E-state index contributed by atoms with van der Waals surface area (Å²) in [6, 6.07) is 5.18. The second-order valence-corrected chi connectivity index (χ2v) is 5.75. The Labute approximate surface area is 134 Å². The lowest BCUT2D eigenvalue weighted by atomic mass is 10.2. The molecule has 114 valence electrons. The van der Waals surface area contributed by atoms with Crippen LogP contribution in [0.2, 0.25) is 10.0 Å². The molecule has 0 bridgehead atoms. The Morgan fingerprint density at radius 2 is 2.10 bits per heavy atom. The normalized spacial score (nSPS) is 16.3. The van der Waals surface area contributed by atoms with E-state index in [-0.39, 0.29) is 5.91 Å². The minimum Gasteiger partial charge on any atom is -0.370 e. The van der Waals surface area contributed by atoms with Crippen molar-refractivity contribution in [3.63, 3.8) is 0 Å². The first kappa shape index (κ1) is 16.3. The topological polar surface area (TPSA) is 42.8 Å². The molecule has 4 nitrogen and oxygen atoms in total. The van der Waals surface area contributed by atoms with Gasteiger partial charge < -0.3 is 15.0 Å². The van der Waals surface area contributed by atoms with Crippen molar-refractivity contribution in [1.82, 2.24) is 5.32 Å². The summed E-state index contributed by atoms with van der Waals surface area (Å²) in [7, 11) is 0. The third-order valence-electron chi connectivity index (χ3n) is 3.35. The van der Waals surface area contributed by atoms with Crippen LogP contribution in [0.1, 0.15) is 5.56 Å². The van der Waals surface area contributed by atoms with E-state index in [9.17, 15) is 4.79 Å². The van der Waals surface area contributed by atoms with Gasteiger partial charge in [0.1, 0.15) is 13.1 Å². The smallest absolute Gasteiger partial charge is 0.244 e. The molecule has 1 saturated heterocycles. The van der Waals surface area contributed by atoms with E-state index in [4.69, 9.17) is 27.9 Å². The first-order chi connectivity index (χ1) is 10.1. The Hall–Kier alpha value is -1.07.